The van der Waals surface area contributed by atoms with Gasteiger partial charge in [0.15, 0.2) is 0 Å². The van der Waals surface area contributed by atoms with Gasteiger partial charge in [0.25, 0.3) is 5.91 Å². The lowest BCUT2D eigenvalue weighted by molar-refractivity contribution is -0.140. The molecule has 2 rings (SSSR count). The van der Waals surface area contributed by atoms with Crippen LogP contribution >= 0.6 is 24.0 Å². The Kier molecular flexibility index (Phi) is 7.88. The highest BCUT2D eigenvalue weighted by atomic mass is 32.2. The van der Waals surface area contributed by atoms with Gasteiger partial charge in [0.05, 0.1) is 12.0 Å². The number of rotatable bonds is 8. The Morgan fingerprint density at radius 1 is 1.24 bits per heavy atom. The van der Waals surface area contributed by atoms with Gasteiger partial charge in [-0.25, -0.2) is 0 Å². The molecule has 1 heterocycles. The van der Waals surface area contributed by atoms with Crippen LogP contribution in [0.5, 0.6) is 0 Å². The Bertz CT molecular complexity index is 683. The molecule has 0 radical (unpaired) electrons. The third-order valence-electron chi connectivity index (χ3n) is 3.70. The van der Waals surface area contributed by atoms with Crippen LogP contribution in [0.25, 0.3) is 6.08 Å². The summed E-state index contributed by atoms with van der Waals surface area (Å²) in [6.45, 7) is 0.589. The minimum Gasteiger partial charge on any atom is -0.469 e. The molecule has 0 atom stereocenters. The number of methoxy groups -OCH3 is 1. The number of thiocarbonyl (C=S) groups is 1. The van der Waals surface area contributed by atoms with Crippen LogP contribution in [0.15, 0.2) is 47.4 Å². The Morgan fingerprint density at radius 2 is 2.00 bits per heavy atom. The highest BCUT2D eigenvalue weighted by Crippen LogP contribution is 2.31. The molecule has 0 N–H and O–H groups in total. The van der Waals surface area contributed by atoms with Gasteiger partial charge in [-0.05, 0) is 24.5 Å². The molecule has 0 bridgehead atoms. The fourth-order valence-corrected chi connectivity index (χ4v) is 3.60. The van der Waals surface area contributed by atoms with Crippen molar-refractivity contribution in [2.75, 3.05) is 13.7 Å². The van der Waals surface area contributed by atoms with E-state index >= 15 is 0 Å². The average molecular weight is 376 g/mol. The van der Waals surface area contributed by atoms with Gasteiger partial charge < -0.3 is 4.74 Å². The van der Waals surface area contributed by atoms with Gasteiger partial charge in [-0.2, -0.15) is 0 Å². The van der Waals surface area contributed by atoms with Gasteiger partial charge in [0.1, 0.15) is 4.32 Å². The number of benzene rings is 1. The second-order valence-electron chi connectivity index (χ2n) is 5.51. The third-order valence-corrected chi connectivity index (χ3v) is 5.10. The summed E-state index contributed by atoms with van der Waals surface area (Å²) in [6.07, 6.45) is 8.49. The van der Waals surface area contributed by atoms with Gasteiger partial charge in [0, 0.05) is 13.0 Å². The topological polar surface area (TPSA) is 46.6 Å². The number of nitrogens with zero attached hydrogens (tertiary/aromatic N) is 1. The van der Waals surface area contributed by atoms with Crippen molar-refractivity contribution in [1.29, 1.82) is 0 Å². The van der Waals surface area contributed by atoms with E-state index in [1.807, 2.05) is 48.6 Å². The molecule has 1 amide bonds. The van der Waals surface area contributed by atoms with E-state index in [1.54, 1.807) is 4.90 Å². The molecule has 132 valence electrons. The van der Waals surface area contributed by atoms with Crippen molar-refractivity contribution >= 4 is 46.3 Å². The van der Waals surface area contributed by atoms with Crippen LogP contribution in [0.3, 0.4) is 0 Å². The molecule has 1 aromatic rings. The largest absolute Gasteiger partial charge is 0.469 e. The van der Waals surface area contributed by atoms with Gasteiger partial charge >= 0.3 is 5.97 Å². The molecule has 0 aromatic heterocycles. The molecule has 0 spiro atoms. The Balaban J connectivity index is 1.81. The first kappa shape index (κ1) is 19.4. The second kappa shape index (κ2) is 10.2. The Morgan fingerprint density at radius 3 is 2.72 bits per heavy atom. The predicted octanol–water partition coefficient (Wildman–Crippen LogP) is 4.18. The summed E-state index contributed by atoms with van der Waals surface area (Å²) >= 11 is 6.64. The molecule has 1 aromatic carbocycles. The number of amides is 1. The van der Waals surface area contributed by atoms with Crippen molar-refractivity contribution in [2.45, 2.75) is 25.7 Å². The standard InChI is InChI=1S/C19H21NO3S2/c1-23-17(21)13-6-3-7-14-20-18(22)16(25-19(20)24)12-8-11-15-9-4-2-5-10-15/h2,4-5,8-12H,3,6-7,13-14H2,1H3/b11-8+,16-12+. The van der Waals surface area contributed by atoms with Crippen LogP contribution in [0.4, 0.5) is 0 Å². The summed E-state index contributed by atoms with van der Waals surface area (Å²) in [5.74, 6) is -0.237. The first-order chi connectivity index (χ1) is 12.1. The van der Waals surface area contributed by atoms with E-state index in [1.165, 1.54) is 18.9 Å². The van der Waals surface area contributed by atoms with Crippen molar-refractivity contribution in [2.24, 2.45) is 0 Å². The van der Waals surface area contributed by atoms with Crippen molar-refractivity contribution in [1.82, 2.24) is 4.90 Å². The van der Waals surface area contributed by atoms with Crippen molar-refractivity contribution in [3.05, 3.63) is 53.0 Å². The van der Waals surface area contributed by atoms with E-state index in [4.69, 9.17) is 12.2 Å². The van der Waals surface area contributed by atoms with E-state index in [0.717, 1.165) is 24.8 Å². The molecule has 25 heavy (non-hydrogen) atoms. The minimum absolute atomic E-state index is 0.0410. The molecular formula is C19H21NO3S2. The normalized spacial score (nSPS) is 16.2. The number of hydrogen-bond donors (Lipinski definition) is 0. The number of allylic oxidation sites excluding steroid dienone is 2. The van der Waals surface area contributed by atoms with Crippen LogP contribution in [-0.2, 0) is 14.3 Å². The molecule has 1 aliphatic rings. The maximum Gasteiger partial charge on any atom is 0.305 e. The quantitative estimate of drug-likeness (QED) is 0.295. The zero-order valence-corrected chi connectivity index (χ0v) is 15.8. The summed E-state index contributed by atoms with van der Waals surface area (Å²) in [5.41, 5.74) is 1.08. The lowest BCUT2D eigenvalue weighted by Crippen LogP contribution is -2.29. The first-order valence-corrected chi connectivity index (χ1v) is 9.38. The molecule has 1 saturated heterocycles. The highest BCUT2D eigenvalue weighted by Gasteiger charge is 2.30. The molecule has 0 unspecified atom stereocenters. The van der Waals surface area contributed by atoms with E-state index in [0.29, 0.717) is 22.2 Å². The summed E-state index contributed by atoms with van der Waals surface area (Å²) in [5, 5.41) is 0. The van der Waals surface area contributed by atoms with Crippen LogP contribution in [0, 0.1) is 0 Å². The molecule has 6 heteroatoms. The first-order valence-electron chi connectivity index (χ1n) is 8.15. The van der Waals surface area contributed by atoms with Crippen LogP contribution in [-0.4, -0.2) is 34.8 Å². The fourth-order valence-electron chi connectivity index (χ4n) is 2.34. The highest BCUT2D eigenvalue weighted by molar-refractivity contribution is 8.26. The van der Waals surface area contributed by atoms with Gasteiger partial charge in [-0.3, -0.25) is 14.5 Å². The molecular weight excluding hydrogens is 354 g/mol. The van der Waals surface area contributed by atoms with Crippen molar-refractivity contribution in [3.63, 3.8) is 0 Å². The number of hydrogen-bond acceptors (Lipinski definition) is 5. The number of unbranched alkanes of at least 4 members (excludes halogenated alkanes) is 2. The fraction of sp³-hybridized carbons (Fsp3) is 0.316. The number of ether oxygens (including phenoxy) is 1. The number of esters is 1. The van der Waals surface area contributed by atoms with E-state index < -0.39 is 0 Å². The number of carbonyl (C=O) groups is 2. The van der Waals surface area contributed by atoms with E-state index in [-0.39, 0.29) is 11.9 Å². The van der Waals surface area contributed by atoms with E-state index in [2.05, 4.69) is 4.74 Å². The molecule has 1 fully saturated rings. The molecule has 0 aliphatic carbocycles. The Labute approximate surface area is 157 Å². The monoisotopic (exact) mass is 375 g/mol. The second-order valence-corrected chi connectivity index (χ2v) is 7.19. The van der Waals surface area contributed by atoms with Crippen LogP contribution in [0.2, 0.25) is 0 Å². The van der Waals surface area contributed by atoms with Gasteiger partial charge in [-0.15, -0.1) is 0 Å². The molecule has 0 saturated carbocycles. The third kappa shape index (κ3) is 6.14. The van der Waals surface area contributed by atoms with Crippen LogP contribution in [0.1, 0.15) is 31.2 Å². The SMILES string of the molecule is COC(=O)CCCCCN1C(=O)/C(=C\C=C\c2ccccc2)SC1=S. The van der Waals surface area contributed by atoms with Crippen molar-refractivity contribution in [3.8, 4) is 0 Å². The number of carbonyl (C=O) groups excluding carboxylic acids is 2. The Hall–Kier alpha value is -1.92. The van der Waals surface area contributed by atoms with Crippen LogP contribution < -0.4 is 0 Å². The maximum atomic E-state index is 12.4. The van der Waals surface area contributed by atoms with Crippen molar-refractivity contribution < 1.29 is 14.3 Å². The number of thioether (sulfide) groups is 1. The molecule has 1 aliphatic heterocycles. The summed E-state index contributed by atoms with van der Waals surface area (Å²) in [6, 6.07) is 9.92. The smallest absolute Gasteiger partial charge is 0.305 e. The zero-order valence-electron chi connectivity index (χ0n) is 14.1. The summed E-state index contributed by atoms with van der Waals surface area (Å²) in [7, 11) is 1.39. The zero-order chi connectivity index (χ0) is 18.1. The molecule has 4 nitrogen and oxygen atoms in total. The van der Waals surface area contributed by atoms with E-state index in [9.17, 15) is 9.59 Å². The average Bonchev–Trinajstić information content (AvgIpc) is 2.89. The minimum atomic E-state index is -0.196. The van der Waals surface area contributed by atoms with Gasteiger partial charge in [-0.1, -0.05) is 72.9 Å². The lowest BCUT2D eigenvalue weighted by Gasteiger charge is -2.13. The summed E-state index contributed by atoms with van der Waals surface area (Å²) in [4.78, 5) is 25.8. The maximum absolute atomic E-state index is 12.4. The summed E-state index contributed by atoms with van der Waals surface area (Å²) < 4.78 is 5.20. The van der Waals surface area contributed by atoms with Gasteiger partial charge in [0.2, 0.25) is 0 Å². The predicted molar refractivity (Wildman–Crippen MR) is 106 cm³/mol. The lowest BCUT2D eigenvalue weighted by atomic mass is 10.2.